The zero-order chi connectivity index (χ0) is 30.2. The van der Waals surface area contributed by atoms with Crippen LogP contribution in [0.2, 0.25) is 0 Å². The zero-order valence-corrected chi connectivity index (χ0v) is 24.8. The lowest BCUT2D eigenvalue weighted by atomic mass is 10.0. The summed E-state index contributed by atoms with van der Waals surface area (Å²) in [5.74, 6) is 0.888. The Hall–Kier alpha value is -6.26. The fraction of sp³-hybridized carbons (Fsp3) is 0. The Balaban J connectivity index is 1.43. The number of fused-ring (bicyclic) bond motifs is 12. The summed E-state index contributed by atoms with van der Waals surface area (Å²) in [6.07, 6.45) is 0. The van der Waals surface area contributed by atoms with E-state index in [2.05, 4.69) is 167 Å². The number of benzene rings is 6. The van der Waals surface area contributed by atoms with Crippen molar-refractivity contribution in [3.8, 4) is 28.2 Å². The maximum Gasteiger partial charge on any atom is 0.146 e. The van der Waals surface area contributed by atoms with Crippen LogP contribution in [-0.4, -0.2) is 18.9 Å². The van der Waals surface area contributed by atoms with Crippen LogP contribution < -0.4 is 0 Å². The van der Waals surface area contributed by atoms with Gasteiger partial charge in [0.05, 0.1) is 33.3 Å². The lowest BCUT2D eigenvalue weighted by molar-refractivity contribution is 1.09. The van der Waals surface area contributed by atoms with Crippen LogP contribution in [0.3, 0.4) is 0 Å². The molecule has 4 heterocycles. The first kappa shape index (κ1) is 25.1. The molecule has 0 atom stereocenters. The molecule has 0 aliphatic rings. The van der Waals surface area contributed by atoms with Gasteiger partial charge in [-0.1, -0.05) is 121 Å². The molecular formula is C42H26N4. The number of para-hydroxylation sites is 3. The van der Waals surface area contributed by atoms with E-state index in [1.54, 1.807) is 0 Å². The Kier molecular flexibility index (Phi) is 5.25. The molecule has 0 spiro atoms. The minimum absolute atomic E-state index is 0.888. The van der Waals surface area contributed by atoms with Gasteiger partial charge in [0.25, 0.3) is 0 Å². The number of pyridine rings is 2. The van der Waals surface area contributed by atoms with E-state index in [1.165, 1.54) is 21.5 Å². The highest BCUT2D eigenvalue weighted by Crippen LogP contribution is 2.42. The molecule has 0 saturated carbocycles. The van der Waals surface area contributed by atoms with Crippen molar-refractivity contribution in [2.24, 2.45) is 0 Å². The molecular weight excluding hydrogens is 560 g/mol. The van der Waals surface area contributed by atoms with E-state index in [4.69, 9.17) is 9.97 Å². The second-order valence-corrected chi connectivity index (χ2v) is 11.8. The highest BCUT2D eigenvalue weighted by atomic mass is 15.1. The average Bonchev–Trinajstić information content (AvgIpc) is 3.69. The van der Waals surface area contributed by atoms with Crippen LogP contribution >= 0.6 is 0 Å². The van der Waals surface area contributed by atoms with Crippen molar-refractivity contribution >= 4 is 60.2 Å². The van der Waals surface area contributed by atoms with Crippen LogP contribution in [0, 0.1) is 0 Å². The molecule has 0 unspecified atom stereocenters. The molecule has 0 N–H and O–H groups in total. The fourth-order valence-electron chi connectivity index (χ4n) is 7.27. The first-order valence-corrected chi connectivity index (χ1v) is 15.6. The first-order chi connectivity index (χ1) is 22.8. The van der Waals surface area contributed by atoms with Crippen molar-refractivity contribution in [1.29, 1.82) is 0 Å². The number of hydrogen-bond acceptors (Lipinski definition) is 2. The van der Waals surface area contributed by atoms with Crippen LogP contribution in [0.5, 0.6) is 0 Å². The van der Waals surface area contributed by atoms with E-state index in [9.17, 15) is 0 Å². The van der Waals surface area contributed by atoms with E-state index >= 15 is 0 Å². The van der Waals surface area contributed by atoms with E-state index in [0.717, 1.165) is 66.8 Å². The molecule has 0 radical (unpaired) electrons. The van der Waals surface area contributed by atoms with Crippen molar-refractivity contribution in [1.82, 2.24) is 18.9 Å². The Labute approximate surface area is 264 Å². The molecule has 0 aliphatic heterocycles. The third kappa shape index (κ3) is 3.55. The maximum absolute atomic E-state index is 5.40. The van der Waals surface area contributed by atoms with Gasteiger partial charge in [-0.3, -0.25) is 8.97 Å². The predicted molar refractivity (Wildman–Crippen MR) is 191 cm³/mol. The summed E-state index contributed by atoms with van der Waals surface area (Å²) in [6.45, 7) is 0. The molecule has 0 saturated heterocycles. The summed E-state index contributed by atoms with van der Waals surface area (Å²) >= 11 is 0. The highest BCUT2D eigenvalue weighted by molar-refractivity contribution is 6.27. The van der Waals surface area contributed by atoms with Gasteiger partial charge in [0.1, 0.15) is 11.5 Å². The van der Waals surface area contributed by atoms with Crippen LogP contribution in [0.1, 0.15) is 0 Å². The van der Waals surface area contributed by atoms with E-state index in [0.29, 0.717) is 0 Å². The summed E-state index contributed by atoms with van der Waals surface area (Å²) < 4.78 is 4.71. The third-order valence-corrected chi connectivity index (χ3v) is 9.27. The molecule has 214 valence electrons. The van der Waals surface area contributed by atoms with E-state index < -0.39 is 0 Å². The predicted octanol–water partition coefficient (Wildman–Crippen LogP) is 10.6. The van der Waals surface area contributed by atoms with Gasteiger partial charge < -0.3 is 0 Å². The largest absolute Gasteiger partial charge is 0.293 e. The molecule has 6 aromatic carbocycles. The van der Waals surface area contributed by atoms with Gasteiger partial charge in [-0.25, -0.2) is 9.97 Å². The molecule has 0 amide bonds. The Morgan fingerprint density at radius 1 is 0.413 bits per heavy atom. The molecule has 4 aromatic heterocycles. The summed E-state index contributed by atoms with van der Waals surface area (Å²) in [7, 11) is 0. The fourth-order valence-corrected chi connectivity index (χ4v) is 7.27. The number of hydrogen-bond donors (Lipinski definition) is 0. The zero-order valence-electron chi connectivity index (χ0n) is 24.8. The second kappa shape index (κ2) is 9.62. The van der Waals surface area contributed by atoms with Gasteiger partial charge in [-0.15, -0.1) is 0 Å². The minimum Gasteiger partial charge on any atom is -0.293 e. The molecule has 4 heteroatoms. The molecule has 0 bridgehead atoms. The van der Waals surface area contributed by atoms with Gasteiger partial charge in [-0.05, 0) is 52.9 Å². The second-order valence-electron chi connectivity index (χ2n) is 11.8. The molecule has 46 heavy (non-hydrogen) atoms. The Morgan fingerprint density at radius 3 is 1.87 bits per heavy atom. The maximum atomic E-state index is 5.40. The van der Waals surface area contributed by atoms with Crippen molar-refractivity contribution < 1.29 is 0 Å². The number of rotatable bonds is 3. The molecule has 10 rings (SSSR count). The monoisotopic (exact) mass is 586 g/mol. The average molecular weight is 587 g/mol. The van der Waals surface area contributed by atoms with Crippen molar-refractivity contribution in [3.05, 3.63) is 158 Å². The molecule has 10 aromatic rings. The summed E-state index contributed by atoms with van der Waals surface area (Å²) in [4.78, 5) is 10.5. The third-order valence-electron chi connectivity index (χ3n) is 9.27. The number of aromatic nitrogens is 4. The number of imidazole rings is 1. The lowest BCUT2D eigenvalue weighted by Crippen LogP contribution is -2.01. The first-order valence-electron chi connectivity index (χ1n) is 15.6. The van der Waals surface area contributed by atoms with Gasteiger partial charge in [0, 0.05) is 27.1 Å². The lowest BCUT2D eigenvalue weighted by Gasteiger charge is -2.15. The molecule has 0 fully saturated rings. The summed E-state index contributed by atoms with van der Waals surface area (Å²) in [5.41, 5.74) is 10.8. The van der Waals surface area contributed by atoms with Crippen LogP contribution in [0.15, 0.2) is 158 Å². The smallest absolute Gasteiger partial charge is 0.146 e. The molecule has 4 nitrogen and oxygen atoms in total. The van der Waals surface area contributed by atoms with Gasteiger partial charge in [0.15, 0.2) is 0 Å². The topological polar surface area (TPSA) is 35.1 Å². The van der Waals surface area contributed by atoms with Crippen molar-refractivity contribution in [3.63, 3.8) is 0 Å². The van der Waals surface area contributed by atoms with Gasteiger partial charge >= 0.3 is 0 Å². The molecule has 0 aliphatic carbocycles. The highest BCUT2D eigenvalue weighted by Gasteiger charge is 2.21. The van der Waals surface area contributed by atoms with Crippen LogP contribution in [0.25, 0.3) is 88.4 Å². The Morgan fingerprint density at radius 2 is 1.07 bits per heavy atom. The van der Waals surface area contributed by atoms with Gasteiger partial charge in [-0.2, -0.15) is 0 Å². The summed E-state index contributed by atoms with van der Waals surface area (Å²) in [5, 5.41) is 5.90. The van der Waals surface area contributed by atoms with Crippen molar-refractivity contribution in [2.45, 2.75) is 0 Å². The van der Waals surface area contributed by atoms with Crippen molar-refractivity contribution in [2.75, 3.05) is 0 Å². The van der Waals surface area contributed by atoms with Crippen LogP contribution in [0.4, 0.5) is 0 Å². The SMILES string of the molecule is c1ccc(-c2cc(-c3ccccc3)nc(-n3c4ccccc4c4ccc5c(c6ccccc6c6nc7ccccc7n56)c43)c2)cc1. The quantitative estimate of drug-likeness (QED) is 0.193. The number of nitrogens with zero attached hydrogens (tertiary/aromatic N) is 4. The van der Waals surface area contributed by atoms with Gasteiger partial charge in [0.2, 0.25) is 0 Å². The van der Waals surface area contributed by atoms with E-state index in [-0.39, 0.29) is 0 Å². The summed E-state index contributed by atoms with van der Waals surface area (Å²) in [6, 6.07) is 55.9. The van der Waals surface area contributed by atoms with E-state index in [1.807, 2.05) is 0 Å². The normalized spacial score (nSPS) is 11.9. The minimum atomic E-state index is 0.888. The van der Waals surface area contributed by atoms with Crippen LogP contribution in [-0.2, 0) is 0 Å². The standard InChI is InChI=1S/C42H26N4/c1-3-13-27(14-4-1)29-25-35(28-15-5-2-6-16-28)43-39(26-29)46-36-21-11-9-17-30(36)32-23-24-38-40(41(32)46)31-18-7-8-19-33(31)42-44-34-20-10-12-22-37(34)45(38)42/h1-26H. The Bertz CT molecular complexity index is 2730.